The van der Waals surface area contributed by atoms with E-state index in [1.807, 2.05) is 12.1 Å². The van der Waals surface area contributed by atoms with Crippen LogP contribution in [0.15, 0.2) is 22.8 Å². The van der Waals surface area contributed by atoms with Gasteiger partial charge in [0.25, 0.3) is 0 Å². The first kappa shape index (κ1) is 13.1. The number of likely N-dealkylation sites (N-methyl/N-ethyl adjacent to an activating group) is 1. The lowest BCUT2D eigenvalue weighted by molar-refractivity contribution is -0.139. The van der Waals surface area contributed by atoms with Crippen molar-refractivity contribution in [3.63, 3.8) is 0 Å². The Balaban J connectivity index is 0.00000128. The van der Waals surface area contributed by atoms with Crippen molar-refractivity contribution in [2.75, 3.05) is 7.05 Å². The van der Waals surface area contributed by atoms with E-state index in [1.165, 1.54) is 0 Å². The number of nitrogens with zero attached hydrogens (tertiary/aromatic N) is 1. The molecule has 1 fully saturated rings. The molecule has 0 aromatic carbocycles. The second kappa shape index (κ2) is 4.89. The van der Waals surface area contributed by atoms with Crippen molar-refractivity contribution in [3.8, 4) is 0 Å². The van der Waals surface area contributed by atoms with Gasteiger partial charge < -0.3 is 15.1 Å². The summed E-state index contributed by atoms with van der Waals surface area (Å²) in [6.07, 6.45) is 4.26. The number of carbonyl (C=O) groups excluding carboxylic acids is 1. The van der Waals surface area contributed by atoms with Gasteiger partial charge in [0.15, 0.2) is 0 Å². The fourth-order valence-corrected chi connectivity index (χ4v) is 1.86. The van der Waals surface area contributed by atoms with Gasteiger partial charge in [-0.2, -0.15) is 0 Å². The van der Waals surface area contributed by atoms with Crippen LogP contribution in [0.3, 0.4) is 0 Å². The Morgan fingerprint density at radius 1 is 1.62 bits per heavy atom. The van der Waals surface area contributed by atoms with Gasteiger partial charge in [-0.25, -0.2) is 0 Å². The normalized spacial score (nSPS) is 17.1. The van der Waals surface area contributed by atoms with E-state index in [0.717, 1.165) is 25.0 Å². The molecule has 2 N–H and O–H groups in total. The van der Waals surface area contributed by atoms with Crippen LogP contribution in [0.5, 0.6) is 0 Å². The zero-order valence-electron chi connectivity index (χ0n) is 9.31. The SMILES string of the molecule is CN(Cc1ccco1)C(=O)C1(N)CCC1.Cl. The van der Waals surface area contributed by atoms with Gasteiger partial charge in [-0.1, -0.05) is 0 Å². The molecule has 0 aliphatic heterocycles. The van der Waals surface area contributed by atoms with E-state index in [-0.39, 0.29) is 18.3 Å². The molecule has 1 saturated carbocycles. The molecule has 1 aromatic rings. The fraction of sp³-hybridized carbons (Fsp3) is 0.545. The van der Waals surface area contributed by atoms with Crippen molar-refractivity contribution in [2.24, 2.45) is 5.73 Å². The lowest BCUT2D eigenvalue weighted by Crippen LogP contribution is -2.58. The second-order valence-corrected chi connectivity index (χ2v) is 4.25. The summed E-state index contributed by atoms with van der Waals surface area (Å²) >= 11 is 0. The predicted octanol–water partition coefficient (Wildman–Crippen LogP) is 1.54. The van der Waals surface area contributed by atoms with Crippen molar-refractivity contribution in [2.45, 2.75) is 31.3 Å². The molecule has 0 bridgehead atoms. The summed E-state index contributed by atoms with van der Waals surface area (Å²) in [7, 11) is 1.76. The van der Waals surface area contributed by atoms with E-state index in [0.29, 0.717) is 6.54 Å². The largest absolute Gasteiger partial charge is 0.467 e. The van der Waals surface area contributed by atoms with Gasteiger partial charge in [0, 0.05) is 7.05 Å². The maximum atomic E-state index is 11.9. The van der Waals surface area contributed by atoms with E-state index in [4.69, 9.17) is 10.2 Å². The van der Waals surface area contributed by atoms with E-state index < -0.39 is 5.54 Å². The quantitative estimate of drug-likeness (QED) is 0.878. The summed E-state index contributed by atoms with van der Waals surface area (Å²) in [5.41, 5.74) is 5.34. The number of hydrogen-bond donors (Lipinski definition) is 1. The van der Waals surface area contributed by atoms with Crippen LogP contribution in [0.1, 0.15) is 25.0 Å². The standard InChI is InChI=1S/C11H16N2O2.ClH/c1-13(8-9-4-2-7-15-9)10(14)11(12)5-3-6-11;/h2,4,7H,3,5-6,8,12H2,1H3;1H. The average Bonchev–Trinajstić information content (AvgIpc) is 2.65. The maximum absolute atomic E-state index is 11.9. The summed E-state index contributed by atoms with van der Waals surface area (Å²) < 4.78 is 5.18. The van der Waals surface area contributed by atoms with Crippen molar-refractivity contribution < 1.29 is 9.21 Å². The van der Waals surface area contributed by atoms with Gasteiger partial charge in [-0.05, 0) is 31.4 Å². The van der Waals surface area contributed by atoms with Crippen molar-refractivity contribution in [3.05, 3.63) is 24.2 Å². The highest BCUT2D eigenvalue weighted by Gasteiger charge is 2.41. The first-order valence-corrected chi connectivity index (χ1v) is 5.19. The zero-order valence-corrected chi connectivity index (χ0v) is 10.1. The summed E-state index contributed by atoms with van der Waals surface area (Å²) in [5.74, 6) is 0.805. The minimum atomic E-state index is -0.610. The summed E-state index contributed by atoms with van der Waals surface area (Å²) in [5, 5.41) is 0. The van der Waals surface area contributed by atoms with Crippen LogP contribution >= 0.6 is 12.4 Å². The van der Waals surface area contributed by atoms with Crippen LogP contribution in [0.2, 0.25) is 0 Å². The van der Waals surface area contributed by atoms with Gasteiger partial charge in [0.05, 0.1) is 18.3 Å². The molecule has 0 atom stereocenters. The number of furan rings is 1. The Kier molecular flexibility index (Phi) is 3.99. The molecule has 1 aliphatic rings. The predicted molar refractivity (Wildman–Crippen MR) is 63.2 cm³/mol. The van der Waals surface area contributed by atoms with Crippen LogP contribution in [-0.4, -0.2) is 23.4 Å². The van der Waals surface area contributed by atoms with Crippen LogP contribution in [0, 0.1) is 0 Å². The second-order valence-electron chi connectivity index (χ2n) is 4.25. The molecular formula is C11H17ClN2O2. The van der Waals surface area contributed by atoms with E-state index in [2.05, 4.69) is 0 Å². The Morgan fingerprint density at radius 3 is 2.75 bits per heavy atom. The molecule has 90 valence electrons. The Hall–Kier alpha value is -1.00. The third-order valence-corrected chi connectivity index (χ3v) is 2.99. The van der Waals surface area contributed by atoms with Gasteiger partial charge in [-0.15, -0.1) is 12.4 Å². The highest BCUT2D eigenvalue weighted by Crippen LogP contribution is 2.30. The van der Waals surface area contributed by atoms with Gasteiger partial charge >= 0.3 is 0 Å². The third-order valence-electron chi connectivity index (χ3n) is 2.99. The zero-order chi connectivity index (χ0) is 10.9. The molecule has 1 aromatic heterocycles. The lowest BCUT2D eigenvalue weighted by Gasteiger charge is -2.39. The first-order chi connectivity index (χ1) is 7.12. The number of carbonyl (C=O) groups is 1. The van der Waals surface area contributed by atoms with Crippen molar-refractivity contribution in [1.82, 2.24) is 4.90 Å². The van der Waals surface area contributed by atoms with Crippen molar-refractivity contribution in [1.29, 1.82) is 0 Å². The summed E-state index contributed by atoms with van der Waals surface area (Å²) in [6, 6.07) is 3.67. The number of rotatable bonds is 3. The summed E-state index contributed by atoms with van der Waals surface area (Å²) in [4.78, 5) is 13.6. The molecule has 1 heterocycles. The number of hydrogen-bond acceptors (Lipinski definition) is 3. The molecule has 5 heteroatoms. The Morgan fingerprint density at radius 2 is 2.31 bits per heavy atom. The first-order valence-electron chi connectivity index (χ1n) is 5.19. The topological polar surface area (TPSA) is 59.5 Å². The molecular weight excluding hydrogens is 228 g/mol. The molecule has 2 rings (SSSR count). The lowest BCUT2D eigenvalue weighted by atomic mass is 9.76. The highest BCUT2D eigenvalue weighted by molar-refractivity contribution is 5.86. The van der Waals surface area contributed by atoms with Crippen LogP contribution in [0.25, 0.3) is 0 Å². The van der Waals surface area contributed by atoms with E-state index in [1.54, 1.807) is 18.2 Å². The molecule has 0 unspecified atom stereocenters. The van der Waals surface area contributed by atoms with Gasteiger partial charge in [0.1, 0.15) is 5.76 Å². The molecule has 4 nitrogen and oxygen atoms in total. The van der Waals surface area contributed by atoms with E-state index in [9.17, 15) is 4.79 Å². The number of nitrogens with two attached hydrogens (primary N) is 1. The fourth-order valence-electron chi connectivity index (χ4n) is 1.86. The summed E-state index contributed by atoms with van der Waals surface area (Å²) in [6.45, 7) is 0.491. The molecule has 0 saturated heterocycles. The highest BCUT2D eigenvalue weighted by atomic mass is 35.5. The smallest absolute Gasteiger partial charge is 0.242 e. The number of amides is 1. The van der Waals surface area contributed by atoms with E-state index >= 15 is 0 Å². The molecule has 16 heavy (non-hydrogen) atoms. The molecule has 0 spiro atoms. The molecule has 0 radical (unpaired) electrons. The molecule has 1 aliphatic carbocycles. The van der Waals surface area contributed by atoms with Gasteiger partial charge in [-0.3, -0.25) is 4.79 Å². The third kappa shape index (κ3) is 2.39. The Labute approximate surface area is 101 Å². The van der Waals surface area contributed by atoms with Gasteiger partial charge in [0.2, 0.25) is 5.91 Å². The Bertz CT molecular complexity index is 347. The minimum absolute atomic E-state index is 0. The average molecular weight is 245 g/mol. The van der Waals surface area contributed by atoms with Crippen LogP contribution in [0.4, 0.5) is 0 Å². The molecule has 1 amide bonds. The monoisotopic (exact) mass is 244 g/mol. The van der Waals surface area contributed by atoms with Crippen LogP contribution in [-0.2, 0) is 11.3 Å². The minimum Gasteiger partial charge on any atom is -0.467 e. The maximum Gasteiger partial charge on any atom is 0.242 e. The number of halogens is 1. The van der Waals surface area contributed by atoms with Crippen molar-refractivity contribution >= 4 is 18.3 Å². The van der Waals surface area contributed by atoms with Crippen LogP contribution < -0.4 is 5.73 Å².